The number of aliphatic hydroxyl groups is 1. The largest absolute Gasteiger partial charge is 0.396 e. The summed E-state index contributed by atoms with van der Waals surface area (Å²) in [5.74, 6) is 0.897. The first kappa shape index (κ1) is 15.2. The Labute approximate surface area is 111 Å². The molecule has 0 aliphatic carbocycles. The van der Waals surface area contributed by atoms with Gasteiger partial charge in [-0.2, -0.15) is 0 Å². The summed E-state index contributed by atoms with van der Waals surface area (Å²) in [6, 6.07) is 6.66. The maximum atomic E-state index is 9.24. The van der Waals surface area contributed by atoms with E-state index in [1.165, 1.54) is 16.7 Å². The Kier molecular flexibility index (Phi) is 6.37. The van der Waals surface area contributed by atoms with Crippen molar-refractivity contribution in [2.75, 3.05) is 19.7 Å². The highest BCUT2D eigenvalue weighted by Crippen LogP contribution is 2.10. The molecule has 102 valence electrons. The molecule has 2 heteroatoms. The molecule has 1 aromatic rings. The Hall–Kier alpha value is -0.860. The molecule has 2 N–H and O–H groups in total. The van der Waals surface area contributed by atoms with Crippen LogP contribution in [-0.4, -0.2) is 24.8 Å². The molecule has 1 unspecified atom stereocenters. The van der Waals surface area contributed by atoms with E-state index in [1.54, 1.807) is 0 Å². The molecule has 0 bridgehead atoms. The third-order valence-corrected chi connectivity index (χ3v) is 3.75. The van der Waals surface area contributed by atoms with Crippen LogP contribution in [0.3, 0.4) is 0 Å². The van der Waals surface area contributed by atoms with Gasteiger partial charge in [-0.3, -0.25) is 0 Å². The van der Waals surface area contributed by atoms with Crippen molar-refractivity contribution in [3.05, 3.63) is 34.9 Å². The fraction of sp³-hybridized carbons (Fsp3) is 0.625. The molecule has 1 rings (SSSR count). The van der Waals surface area contributed by atoms with E-state index in [0.717, 1.165) is 19.5 Å². The molecule has 18 heavy (non-hydrogen) atoms. The number of hydrogen-bond donors (Lipinski definition) is 2. The third-order valence-electron chi connectivity index (χ3n) is 3.75. The minimum absolute atomic E-state index is 0.272. The molecule has 0 aliphatic heterocycles. The van der Waals surface area contributed by atoms with Crippen molar-refractivity contribution in [1.29, 1.82) is 0 Å². The average Bonchev–Trinajstić information content (AvgIpc) is 2.33. The molecular formula is C16H27NO. The molecular weight excluding hydrogens is 222 g/mol. The van der Waals surface area contributed by atoms with Crippen LogP contribution >= 0.6 is 0 Å². The van der Waals surface area contributed by atoms with Gasteiger partial charge in [0.1, 0.15) is 0 Å². The average molecular weight is 249 g/mol. The predicted octanol–water partition coefficient (Wildman–Crippen LogP) is 2.70. The highest BCUT2D eigenvalue weighted by molar-refractivity contribution is 5.29. The maximum absolute atomic E-state index is 9.24. The summed E-state index contributed by atoms with van der Waals surface area (Å²) in [6.45, 7) is 10.8. The molecule has 0 aliphatic rings. The van der Waals surface area contributed by atoms with Crippen LogP contribution in [0.4, 0.5) is 0 Å². The highest BCUT2D eigenvalue weighted by atomic mass is 16.3. The summed E-state index contributed by atoms with van der Waals surface area (Å²) in [4.78, 5) is 0. The van der Waals surface area contributed by atoms with Gasteiger partial charge in [-0.15, -0.1) is 0 Å². The van der Waals surface area contributed by atoms with Crippen molar-refractivity contribution in [2.24, 2.45) is 11.8 Å². The lowest BCUT2D eigenvalue weighted by molar-refractivity contribution is 0.186. The van der Waals surface area contributed by atoms with Crippen molar-refractivity contribution in [2.45, 2.75) is 34.1 Å². The van der Waals surface area contributed by atoms with Gasteiger partial charge in [0.15, 0.2) is 0 Å². The van der Waals surface area contributed by atoms with Gasteiger partial charge in [0.2, 0.25) is 0 Å². The summed E-state index contributed by atoms with van der Waals surface area (Å²) >= 11 is 0. The first-order chi connectivity index (χ1) is 8.54. The van der Waals surface area contributed by atoms with E-state index >= 15 is 0 Å². The third kappa shape index (κ3) is 4.79. The fourth-order valence-electron chi connectivity index (χ4n) is 1.99. The van der Waals surface area contributed by atoms with E-state index in [1.807, 2.05) is 0 Å². The van der Waals surface area contributed by atoms with Crippen LogP contribution in [0.15, 0.2) is 18.2 Å². The van der Waals surface area contributed by atoms with Crippen molar-refractivity contribution in [3.8, 4) is 0 Å². The Morgan fingerprint density at radius 1 is 1.17 bits per heavy atom. The van der Waals surface area contributed by atoms with Crippen LogP contribution in [0.25, 0.3) is 0 Å². The molecule has 1 aromatic carbocycles. The van der Waals surface area contributed by atoms with Crippen LogP contribution in [0.2, 0.25) is 0 Å². The molecule has 0 amide bonds. The lowest BCUT2D eigenvalue weighted by Crippen LogP contribution is -2.30. The van der Waals surface area contributed by atoms with Crippen molar-refractivity contribution in [3.63, 3.8) is 0 Å². The smallest absolute Gasteiger partial charge is 0.0473 e. The van der Waals surface area contributed by atoms with Gasteiger partial charge in [0, 0.05) is 13.2 Å². The fourth-order valence-corrected chi connectivity index (χ4v) is 1.99. The van der Waals surface area contributed by atoms with E-state index in [9.17, 15) is 5.11 Å². The van der Waals surface area contributed by atoms with E-state index in [-0.39, 0.29) is 6.61 Å². The zero-order valence-corrected chi connectivity index (χ0v) is 12.2. The summed E-state index contributed by atoms with van der Waals surface area (Å²) in [7, 11) is 0. The van der Waals surface area contributed by atoms with Gasteiger partial charge in [-0.25, -0.2) is 0 Å². The SMILES string of the molecule is Cc1ccc(CCNCC(CO)C(C)C)cc1C. The number of nitrogens with one attached hydrogen (secondary N) is 1. The molecule has 0 heterocycles. The molecule has 0 saturated heterocycles. The number of rotatable bonds is 7. The molecule has 0 fully saturated rings. The van der Waals surface area contributed by atoms with Gasteiger partial charge in [0.05, 0.1) is 0 Å². The van der Waals surface area contributed by atoms with Crippen LogP contribution in [0, 0.1) is 25.7 Å². The van der Waals surface area contributed by atoms with E-state index in [4.69, 9.17) is 0 Å². The first-order valence-electron chi connectivity index (χ1n) is 6.92. The molecule has 0 spiro atoms. The van der Waals surface area contributed by atoms with Gasteiger partial charge in [-0.1, -0.05) is 32.0 Å². The summed E-state index contributed by atoms with van der Waals surface area (Å²) in [5, 5.41) is 12.7. The molecule has 2 nitrogen and oxygen atoms in total. The maximum Gasteiger partial charge on any atom is 0.0473 e. The van der Waals surface area contributed by atoms with Crippen LogP contribution in [0.1, 0.15) is 30.5 Å². The van der Waals surface area contributed by atoms with Crippen LogP contribution in [-0.2, 0) is 6.42 Å². The van der Waals surface area contributed by atoms with Gasteiger partial charge >= 0.3 is 0 Å². The van der Waals surface area contributed by atoms with E-state index in [2.05, 4.69) is 51.2 Å². The zero-order valence-electron chi connectivity index (χ0n) is 12.2. The van der Waals surface area contributed by atoms with Gasteiger partial charge in [0.25, 0.3) is 0 Å². The Morgan fingerprint density at radius 3 is 2.44 bits per heavy atom. The van der Waals surface area contributed by atoms with Crippen LogP contribution in [0.5, 0.6) is 0 Å². The quantitative estimate of drug-likeness (QED) is 0.728. The zero-order chi connectivity index (χ0) is 13.5. The van der Waals surface area contributed by atoms with Gasteiger partial charge in [-0.05, 0) is 55.3 Å². The van der Waals surface area contributed by atoms with E-state index in [0.29, 0.717) is 11.8 Å². The second-order valence-electron chi connectivity index (χ2n) is 5.56. The number of aliphatic hydroxyl groups excluding tert-OH is 1. The molecule has 0 saturated carbocycles. The Balaban J connectivity index is 2.31. The van der Waals surface area contributed by atoms with Crippen LogP contribution < -0.4 is 5.32 Å². The van der Waals surface area contributed by atoms with Crippen molar-refractivity contribution < 1.29 is 5.11 Å². The highest BCUT2D eigenvalue weighted by Gasteiger charge is 2.10. The van der Waals surface area contributed by atoms with Crippen molar-refractivity contribution >= 4 is 0 Å². The molecule has 0 aromatic heterocycles. The minimum Gasteiger partial charge on any atom is -0.396 e. The minimum atomic E-state index is 0.272. The summed E-state index contributed by atoms with van der Waals surface area (Å²) < 4.78 is 0. The number of hydrogen-bond acceptors (Lipinski definition) is 2. The molecule has 0 radical (unpaired) electrons. The number of benzene rings is 1. The first-order valence-corrected chi connectivity index (χ1v) is 6.92. The lowest BCUT2D eigenvalue weighted by Gasteiger charge is -2.18. The standard InChI is InChI=1S/C16H27NO/c1-12(2)16(11-18)10-17-8-7-15-6-5-13(3)14(4)9-15/h5-6,9,12,16-18H,7-8,10-11H2,1-4H3. The van der Waals surface area contributed by atoms with Gasteiger partial charge < -0.3 is 10.4 Å². The second-order valence-corrected chi connectivity index (χ2v) is 5.56. The second kappa shape index (κ2) is 7.55. The summed E-state index contributed by atoms with van der Waals surface area (Å²) in [5.41, 5.74) is 4.10. The predicted molar refractivity (Wildman–Crippen MR) is 77.9 cm³/mol. The normalized spacial score (nSPS) is 13.0. The Morgan fingerprint density at radius 2 is 1.89 bits per heavy atom. The lowest BCUT2D eigenvalue weighted by atomic mass is 9.97. The van der Waals surface area contributed by atoms with Crippen molar-refractivity contribution in [1.82, 2.24) is 5.32 Å². The number of aryl methyl sites for hydroxylation is 2. The summed E-state index contributed by atoms with van der Waals surface area (Å²) in [6.07, 6.45) is 1.05. The topological polar surface area (TPSA) is 32.3 Å². The molecule has 1 atom stereocenters. The monoisotopic (exact) mass is 249 g/mol. The van der Waals surface area contributed by atoms with E-state index < -0.39 is 0 Å². The Bertz CT molecular complexity index is 360.